The molecular formula is C15H23N3O. The van der Waals surface area contributed by atoms with Crippen LogP contribution < -0.4 is 10.2 Å². The summed E-state index contributed by atoms with van der Waals surface area (Å²) in [5.74, 6) is 0.203. The number of hydrogen-bond donors (Lipinski definition) is 1. The third-order valence-corrected chi connectivity index (χ3v) is 3.62. The van der Waals surface area contributed by atoms with Gasteiger partial charge in [0.1, 0.15) is 0 Å². The van der Waals surface area contributed by atoms with Gasteiger partial charge in [-0.3, -0.25) is 9.69 Å². The van der Waals surface area contributed by atoms with Gasteiger partial charge in [0.25, 0.3) is 0 Å². The summed E-state index contributed by atoms with van der Waals surface area (Å²) < 4.78 is 0. The number of piperazine rings is 1. The normalized spacial score (nSPS) is 17.0. The van der Waals surface area contributed by atoms with Crippen molar-refractivity contribution in [2.24, 2.45) is 0 Å². The van der Waals surface area contributed by atoms with Crippen LogP contribution in [-0.2, 0) is 4.79 Å². The number of carbonyl (C=O) groups is 1. The van der Waals surface area contributed by atoms with Gasteiger partial charge in [0, 0.05) is 31.9 Å². The van der Waals surface area contributed by atoms with Gasteiger partial charge in [0.15, 0.2) is 0 Å². The molecule has 1 saturated heterocycles. The Morgan fingerprint density at radius 1 is 1.26 bits per heavy atom. The van der Waals surface area contributed by atoms with Crippen molar-refractivity contribution in [3.05, 3.63) is 29.3 Å². The van der Waals surface area contributed by atoms with Gasteiger partial charge in [-0.25, -0.2) is 0 Å². The van der Waals surface area contributed by atoms with E-state index in [1.807, 2.05) is 11.9 Å². The van der Waals surface area contributed by atoms with Gasteiger partial charge in [-0.1, -0.05) is 17.7 Å². The highest BCUT2D eigenvalue weighted by atomic mass is 16.2. The van der Waals surface area contributed by atoms with Crippen LogP contribution in [0.3, 0.4) is 0 Å². The highest BCUT2D eigenvalue weighted by Gasteiger charge is 2.25. The highest BCUT2D eigenvalue weighted by molar-refractivity contribution is 5.96. The smallest absolute Gasteiger partial charge is 0.241 e. The van der Waals surface area contributed by atoms with E-state index in [-0.39, 0.29) is 5.91 Å². The van der Waals surface area contributed by atoms with Crippen molar-refractivity contribution >= 4 is 11.6 Å². The van der Waals surface area contributed by atoms with E-state index in [9.17, 15) is 4.79 Å². The lowest BCUT2D eigenvalue weighted by Gasteiger charge is -2.35. The molecule has 2 rings (SSSR count). The maximum Gasteiger partial charge on any atom is 0.241 e. The van der Waals surface area contributed by atoms with E-state index < -0.39 is 0 Å². The summed E-state index contributed by atoms with van der Waals surface area (Å²) in [7, 11) is 1.94. The van der Waals surface area contributed by atoms with Crippen LogP contribution in [0, 0.1) is 13.8 Å². The quantitative estimate of drug-likeness (QED) is 0.884. The van der Waals surface area contributed by atoms with E-state index in [1.165, 1.54) is 11.1 Å². The monoisotopic (exact) mass is 261 g/mol. The van der Waals surface area contributed by atoms with Crippen molar-refractivity contribution in [2.75, 3.05) is 44.7 Å². The molecule has 1 heterocycles. The van der Waals surface area contributed by atoms with Crippen molar-refractivity contribution in [1.82, 2.24) is 10.2 Å². The Labute approximate surface area is 115 Å². The molecule has 0 saturated carbocycles. The minimum Gasteiger partial charge on any atom is -0.318 e. The van der Waals surface area contributed by atoms with Crippen LogP contribution in [0.25, 0.3) is 0 Å². The average molecular weight is 261 g/mol. The fraction of sp³-hybridized carbons (Fsp3) is 0.533. The zero-order valence-electron chi connectivity index (χ0n) is 12.1. The second kappa shape index (κ2) is 6.17. The lowest BCUT2D eigenvalue weighted by Crippen LogP contribution is -2.51. The number of nitrogens with one attached hydrogen (secondary N) is 1. The largest absolute Gasteiger partial charge is 0.318 e. The average Bonchev–Trinajstić information content (AvgIpc) is 2.37. The van der Waals surface area contributed by atoms with Crippen molar-refractivity contribution in [3.8, 4) is 0 Å². The molecule has 104 valence electrons. The number of aryl methyl sites for hydroxylation is 2. The third kappa shape index (κ3) is 3.33. The summed E-state index contributed by atoms with van der Waals surface area (Å²) in [6.07, 6.45) is 0. The van der Waals surface area contributed by atoms with E-state index in [4.69, 9.17) is 0 Å². The number of carbonyl (C=O) groups excluding carboxylic acids is 1. The molecule has 1 amide bonds. The van der Waals surface area contributed by atoms with Crippen molar-refractivity contribution in [3.63, 3.8) is 0 Å². The predicted molar refractivity (Wildman–Crippen MR) is 78.6 cm³/mol. The molecule has 1 N–H and O–H groups in total. The summed E-state index contributed by atoms with van der Waals surface area (Å²) in [6.45, 7) is 8.26. The molecule has 0 unspecified atom stereocenters. The SMILES string of the molecule is CNCCN1CCN(c2ccc(C)cc2C)C(=O)C1. The molecule has 4 nitrogen and oxygen atoms in total. The zero-order chi connectivity index (χ0) is 13.8. The standard InChI is InChI=1S/C15H23N3O/c1-12-4-5-14(13(2)10-12)18-9-8-17(7-6-16-3)11-15(18)19/h4-5,10,16H,6-9,11H2,1-3H3. The van der Waals surface area contributed by atoms with E-state index in [0.717, 1.165) is 31.9 Å². The summed E-state index contributed by atoms with van der Waals surface area (Å²) in [6, 6.07) is 6.27. The number of benzene rings is 1. The van der Waals surface area contributed by atoms with Gasteiger partial charge in [0.2, 0.25) is 5.91 Å². The van der Waals surface area contributed by atoms with Crippen molar-refractivity contribution in [2.45, 2.75) is 13.8 Å². The first-order valence-corrected chi connectivity index (χ1v) is 6.86. The van der Waals surface area contributed by atoms with Gasteiger partial charge in [0.05, 0.1) is 6.54 Å². The molecule has 0 radical (unpaired) electrons. The first kappa shape index (κ1) is 14.0. The number of nitrogens with zero attached hydrogens (tertiary/aromatic N) is 2. The van der Waals surface area contributed by atoms with Crippen LogP contribution in [0.4, 0.5) is 5.69 Å². The minimum atomic E-state index is 0.203. The Hall–Kier alpha value is -1.39. The third-order valence-electron chi connectivity index (χ3n) is 3.62. The summed E-state index contributed by atoms with van der Waals surface area (Å²) >= 11 is 0. The van der Waals surface area contributed by atoms with Crippen molar-refractivity contribution < 1.29 is 4.79 Å². The number of amides is 1. The van der Waals surface area contributed by atoms with Crippen LogP contribution in [0.5, 0.6) is 0 Å². The zero-order valence-corrected chi connectivity index (χ0v) is 12.1. The molecule has 0 aliphatic carbocycles. The Kier molecular flexibility index (Phi) is 4.56. The topological polar surface area (TPSA) is 35.6 Å². The fourth-order valence-corrected chi connectivity index (χ4v) is 2.55. The number of anilines is 1. The van der Waals surface area contributed by atoms with Crippen LogP contribution >= 0.6 is 0 Å². The first-order valence-electron chi connectivity index (χ1n) is 6.86. The molecule has 1 aromatic carbocycles. The van der Waals surface area contributed by atoms with Crippen LogP contribution in [0.1, 0.15) is 11.1 Å². The molecule has 1 fully saturated rings. The Morgan fingerprint density at radius 2 is 2.05 bits per heavy atom. The molecule has 1 aliphatic heterocycles. The van der Waals surface area contributed by atoms with Crippen LogP contribution in [0.2, 0.25) is 0 Å². The number of rotatable bonds is 4. The van der Waals surface area contributed by atoms with Gasteiger partial charge >= 0.3 is 0 Å². The van der Waals surface area contributed by atoms with E-state index in [0.29, 0.717) is 6.54 Å². The second-order valence-electron chi connectivity index (χ2n) is 5.22. The highest BCUT2D eigenvalue weighted by Crippen LogP contribution is 2.22. The van der Waals surface area contributed by atoms with Gasteiger partial charge in [-0.2, -0.15) is 0 Å². The number of likely N-dealkylation sites (N-methyl/N-ethyl adjacent to an activating group) is 1. The maximum absolute atomic E-state index is 12.3. The summed E-state index contributed by atoms with van der Waals surface area (Å²) in [4.78, 5) is 16.4. The Balaban J connectivity index is 2.05. The van der Waals surface area contributed by atoms with Gasteiger partial charge in [-0.05, 0) is 32.5 Å². The maximum atomic E-state index is 12.3. The van der Waals surface area contributed by atoms with E-state index >= 15 is 0 Å². The Bertz CT molecular complexity index is 459. The van der Waals surface area contributed by atoms with Crippen LogP contribution in [0.15, 0.2) is 18.2 Å². The Morgan fingerprint density at radius 3 is 2.68 bits per heavy atom. The molecule has 0 spiro atoms. The van der Waals surface area contributed by atoms with Gasteiger partial charge < -0.3 is 10.2 Å². The van der Waals surface area contributed by atoms with Crippen molar-refractivity contribution in [1.29, 1.82) is 0 Å². The number of hydrogen-bond acceptors (Lipinski definition) is 3. The molecule has 1 aromatic rings. The van der Waals surface area contributed by atoms with Crippen LogP contribution in [-0.4, -0.2) is 50.6 Å². The first-order chi connectivity index (χ1) is 9.11. The van der Waals surface area contributed by atoms with Gasteiger partial charge in [-0.15, -0.1) is 0 Å². The van der Waals surface area contributed by atoms with E-state index in [2.05, 4.69) is 42.3 Å². The molecule has 4 heteroatoms. The molecule has 19 heavy (non-hydrogen) atoms. The predicted octanol–water partition coefficient (Wildman–Crippen LogP) is 1.17. The minimum absolute atomic E-state index is 0.203. The molecule has 0 aromatic heterocycles. The molecule has 1 aliphatic rings. The lowest BCUT2D eigenvalue weighted by molar-refractivity contribution is -0.121. The summed E-state index contributed by atoms with van der Waals surface area (Å²) in [5.41, 5.74) is 3.47. The fourth-order valence-electron chi connectivity index (χ4n) is 2.55. The summed E-state index contributed by atoms with van der Waals surface area (Å²) in [5, 5.41) is 3.12. The lowest BCUT2D eigenvalue weighted by atomic mass is 10.1. The molecule has 0 bridgehead atoms. The second-order valence-corrected chi connectivity index (χ2v) is 5.22. The molecule has 0 atom stereocenters. The van der Waals surface area contributed by atoms with E-state index in [1.54, 1.807) is 0 Å². The molecular weight excluding hydrogens is 238 g/mol.